The van der Waals surface area contributed by atoms with Gasteiger partial charge in [0, 0.05) is 27.3 Å². The van der Waals surface area contributed by atoms with Crippen LogP contribution in [0.3, 0.4) is 0 Å². The van der Waals surface area contributed by atoms with Crippen molar-refractivity contribution in [3.05, 3.63) is 59.2 Å². The summed E-state index contributed by atoms with van der Waals surface area (Å²) >= 11 is 5.95. The van der Waals surface area contributed by atoms with Crippen molar-refractivity contribution in [2.75, 3.05) is 6.61 Å². The summed E-state index contributed by atoms with van der Waals surface area (Å²) < 4.78 is 56.1. The summed E-state index contributed by atoms with van der Waals surface area (Å²) in [4.78, 5) is 11.4. The first-order valence-electron chi connectivity index (χ1n) is 7.84. The molecule has 0 amide bonds. The minimum absolute atomic E-state index is 0.0437. The third-order valence-corrected chi connectivity index (χ3v) is 7.18. The fourth-order valence-corrected chi connectivity index (χ4v) is 5.62. The first kappa shape index (κ1) is 20.7. The predicted octanol–water partition coefficient (Wildman–Crippen LogP) is 3.64. The van der Waals surface area contributed by atoms with Crippen molar-refractivity contribution >= 4 is 58.2 Å². The Hall–Kier alpha value is -2.07. The Kier molecular flexibility index (Phi) is 5.46. The van der Waals surface area contributed by atoms with E-state index in [1.165, 1.54) is 24.3 Å². The highest BCUT2D eigenvalue weighted by molar-refractivity contribution is 8.14. The van der Waals surface area contributed by atoms with Crippen molar-refractivity contribution in [1.29, 1.82) is 0 Å². The van der Waals surface area contributed by atoms with Crippen LogP contribution in [0.1, 0.15) is 17.3 Å². The number of aromatic nitrogens is 1. The lowest BCUT2D eigenvalue weighted by atomic mass is 10.2. The molecular weight excluding hydrogens is 449 g/mol. The summed E-state index contributed by atoms with van der Waals surface area (Å²) in [6.45, 7) is 1.63. The molecule has 28 heavy (non-hydrogen) atoms. The zero-order chi connectivity index (χ0) is 20.7. The van der Waals surface area contributed by atoms with Crippen LogP contribution in [0, 0.1) is 0 Å². The van der Waals surface area contributed by atoms with E-state index >= 15 is 0 Å². The van der Waals surface area contributed by atoms with Gasteiger partial charge in [0.15, 0.2) is 0 Å². The van der Waals surface area contributed by atoms with Gasteiger partial charge < -0.3 is 4.74 Å². The second kappa shape index (κ2) is 7.40. The molecule has 0 radical (unpaired) electrons. The van der Waals surface area contributed by atoms with E-state index in [-0.39, 0.29) is 33.0 Å². The molecule has 0 atom stereocenters. The summed E-state index contributed by atoms with van der Waals surface area (Å²) in [7, 11) is -3.17. The van der Waals surface area contributed by atoms with Crippen molar-refractivity contribution < 1.29 is 26.4 Å². The number of para-hydroxylation sites is 1. The summed E-state index contributed by atoms with van der Waals surface area (Å²) in [5.74, 6) is -0.848. The number of hydrogen-bond acceptors (Lipinski definition) is 6. The molecule has 0 saturated heterocycles. The number of carbonyl (C=O) groups is 1. The van der Waals surface area contributed by atoms with Gasteiger partial charge in [-0.2, -0.15) is 0 Å². The predicted molar refractivity (Wildman–Crippen MR) is 105 cm³/mol. The summed E-state index contributed by atoms with van der Waals surface area (Å²) in [5.41, 5.74) is -0.143. The van der Waals surface area contributed by atoms with Gasteiger partial charge >= 0.3 is 5.97 Å². The first-order valence-corrected chi connectivity index (χ1v) is 12.0. The second-order valence-electron chi connectivity index (χ2n) is 5.61. The Morgan fingerprint density at radius 2 is 1.75 bits per heavy atom. The molecule has 0 aliphatic heterocycles. The van der Waals surface area contributed by atoms with Gasteiger partial charge in [0.2, 0.25) is 0 Å². The number of rotatable bonds is 5. The highest BCUT2D eigenvalue weighted by atomic mass is 35.7. The van der Waals surface area contributed by atoms with Crippen molar-refractivity contribution in [1.82, 2.24) is 3.97 Å². The Bertz CT molecular complexity index is 1300. The lowest BCUT2D eigenvalue weighted by Gasteiger charge is -2.12. The molecule has 0 unspecified atom stereocenters. The maximum absolute atomic E-state index is 13.3. The molecule has 0 N–H and O–H groups in total. The largest absolute Gasteiger partial charge is 0.462 e. The fourth-order valence-electron chi connectivity index (χ4n) is 2.71. The van der Waals surface area contributed by atoms with E-state index in [4.69, 9.17) is 27.0 Å². The molecule has 0 saturated carbocycles. The van der Waals surface area contributed by atoms with E-state index in [0.29, 0.717) is 0 Å². The Labute approximate surface area is 170 Å². The number of carbonyl (C=O) groups excluding carboxylic acids is 1. The molecule has 7 nitrogen and oxygen atoms in total. The summed E-state index contributed by atoms with van der Waals surface area (Å²) in [5, 5.41) is 0.203. The third kappa shape index (κ3) is 3.62. The van der Waals surface area contributed by atoms with Gasteiger partial charge in [-0.1, -0.05) is 29.8 Å². The molecule has 148 valence electrons. The van der Waals surface area contributed by atoms with Gasteiger partial charge in [-0.25, -0.2) is 25.6 Å². The van der Waals surface area contributed by atoms with E-state index in [1.807, 2.05) is 0 Å². The molecule has 1 aromatic heterocycles. The van der Waals surface area contributed by atoms with Crippen molar-refractivity contribution in [3.8, 4) is 0 Å². The molecule has 0 aliphatic carbocycles. The number of benzene rings is 2. The molecule has 3 aromatic rings. The van der Waals surface area contributed by atoms with E-state index in [2.05, 4.69) is 0 Å². The molecule has 2 aromatic carbocycles. The average molecular weight is 462 g/mol. The Balaban J connectivity index is 2.35. The van der Waals surface area contributed by atoms with Gasteiger partial charge in [0.1, 0.15) is 9.79 Å². The molecule has 0 aliphatic rings. The van der Waals surface area contributed by atoms with Gasteiger partial charge in [-0.3, -0.25) is 0 Å². The highest BCUT2D eigenvalue weighted by Gasteiger charge is 2.29. The van der Waals surface area contributed by atoms with Gasteiger partial charge in [-0.15, -0.1) is 0 Å². The zero-order valence-corrected chi connectivity index (χ0v) is 17.4. The molecule has 0 bridgehead atoms. The van der Waals surface area contributed by atoms with Crippen LogP contribution in [0.25, 0.3) is 10.9 Å². The molecule has 3 rings (SSSR count). The van der Waals surface area contributed by atoms with E-state index in [1.54, 1.807) is 19.1 Å². The average Bonchev–Trinajstić information content (AvgIpc) is 3.02. The lowest BCUT2D eigenvalue weighted by molar-refractivity contribution is 0.0522. The normalized spacial score (nSPS) is 12.2. The topological polar surface area (TPSA) is 99.5 Å². The van der Waals surface area contributed by atoms with Crippen LogP contribution in [0.15, 0.2) is 58.5 Å². The number of halogens is 2. The monoisotopic (exact) mass is 461 g/mol. The first-order chi connectivity index (χ1) is 13.1. The summed E-state index contributed by atoms with van der Waals surface area (Å²) in [6.07, 6.45) is 0.901. The van der Waals surface area contributed by atoms with E-state index in [0.717, 1.165) is 16.2 Å². The van der Waals surface area contributed by atoms with E-state index < -0.39 is 29.9 Å². The van der Waals surface area contributed by atoms with Crippen molar-refractivity contribution in [3.63, 3.8) is 0 Å². The maximum Gasteiger partial charge on any atom is 0.339 e. The number of fused-ring (bicyclic) bond motifs is 1. The van der Waals surface area contributed by atoms with Crippen LogP contribution < -0.4 is 0 Å². The fraction of sp³-hybridized carbons (Fsp3) is 0.118. The van der Waals surface area contributed by atoms with Gasteiger partial charge in [0.25, 0.3) is 19.1 Å². The van der Waals surface area contributed by atoms with Gasteiger partial charge in [-0.05, 0) is 31.2 Å². The minimum Gasteiger partial charge on any atom is -0.462 e. The zero-order valence-electron chi connectivity index (χ0n) is 14.3. The summed E-state index contributed by atoms with van der Waals surface area (Å²) in [6, 6.07) is 9.64. The smallest absolute Gasteiger partial charge is 0.339 e. The number of hydrogen-bond donors (Lipinski definition) is 0. The molecule has 11 heteroatoms. The van der Waals surface area contributed by atoms with Crippen LogP contribution in [-0.2, 0) is 23.8 Å². The van der Waals surface area contributed by atoms with Gasteiger partial charge in [0.05, 0.1) is 17.7 Å². The van der Waals surface area contributed by atoms with Crippen LogP contribution in [0.5, 0.6) is 0 Å². The number of esters is 1. The third-order valence-electron chi connectivity index (χ3n) is 3.88. The van der Waals surface area contributed by atoms with Crippen LogP contribution in [-0.4, -0.2) is 33.4 Å². The Morgan fingerprint density at radius 3 is 2.39 bits per heavy atom. The molecule has 1 heterocycles. The lowest BCUT2D eigenvalue weighted by Crippen LogP contribution is -2.17. The van der Waals surface area contributed by atoms with Crippen LogP contribution in [0.2, 0.25) is 5.02 Å². The van der Waals surface area contributed by atoms with Crippen LogP contribution in [0.4, 0.5) is 0 Å². The molecular formula is C17H13Cl2NO6S2. The van der Waals surface area contributed by atoms with Crippen LogP contribution >= 0.6 is 22.3 Å². The second-order valence-corrected chi connectivity index (χ2v) is 10.4. The minimum atomic E-state index is -4.41. The Morgan fingerprint density at radius 1 is 1.07 bits per heavy atom. The quantitative estimate of drug-likeness (QED) is 0.424. The van der Waals surface area contributed by atoms with Crippen molar-refractivity contribution in [2.45, 2.75) is 16.7 Å². The van der Waals surface area contributed by atoms with E-state index in [9.17, 15) is 21.6 Å². The molecule has 0 spiro atoms. The molecule has 0 fully saturated rings. The highest BCUT2D eigenvalue weighted by Crippen LogP contribution is 2.32. The SMILES string of the molecule is CCOC(=O)c1ccc(Cl)cc1S(=O)(=O)n1cc(S(=O)(=O)Cl)c2ccccc21. The number of nitrogens with zero attached hydrogens (tertiary/aromatic N) is 1. The maximum atomic E-state index is 13.3. The van der Waals surface area contributed by atoms with Crippen molar-refractivity contribution in [2.24, 2.45) is 0 Å². The number of ether oxygens (including phenoxy) is 1. The standard InChI is InChI=1S/C17H13Cl2NO6S2/c1-2-26-17(21)13-8-7-11(18)9-15(13)28(24,25)20-10-16(27(19,22)23)12-5-3-4-6-14(12)20/h3-10H,2H2,1H3.